The molecule has 10 nitrogen and oxygen atoms in total. The number of hydrogen-bond donors (Lipinski definition) is 1. The Hall–Kier alpha value is -2.89. The molecule has 0 aliphatic carbocycles. The van der Waals surface area contributed by atoms with Crippen LogP contribution in [0.4, 0.5) is 4.79 Å². The molecule has 0 saturated heterocycles. The second-order valence-corrected chi connectivity index (χ2v) is 24.4. The van der Waals surface area contributed by atoms with E-state index in [9.17, 15) is 19.2 Å². The van der Waals surface area contributed by atoms with Gasteiger partial charge in [0.15, 0.2) is 0 Å². The summed E-state index contributed by atoms with van der Waals surface area (Å²) < 4.78 is 25.0. The molecule has 0 spiro atoms. The Morgan fingerprint density at radius 2 is 1.52 bits per heavy atom. The summed E-state index contributed by atoms with van der Waals surface area (Å²) in [6, 6.07) is 6.82. The Kier molecular flexibility index (Phi) is 13.9. The molecule has 288 valence electrons. The van der Waals surface area contributed by atoms with Gasteiger partial charge in [-0.3, -0.25) is 4.79 Å². The second-order valence-electron chi connectivity index (χ2n) is 16.7. The van der Waals surface area contributed by atoms with Crippen LogP contribution in [-0.4, -0.2) is 81.5 Å². The molecule has 3 rings (SSSR count). The first-order valence-corrected chi connectivity index (χ1v) is 23.0. The third-order valence-electron chi connectivity index (χ3n) is 9.33. The molecule has 2 unspecified atom stereocenters. The monoisotopic (exact) mass is 824 g/mol. The zero-order valence-corrected chi connectivity index (χ0v) is 36.8. The van der Waals surface area contributed by atoms with Crippen molar-refractivity contribution in [3.63, 3.8) is 0 Å². The number of imide groups is 1. The number of aromatic amines is 1. The number of methoxy groups -OCH3 is 1. The summed E-state index contributed by atoms with van der Waals surface area (Å²) in [5, 5.41) is 1.13. The second kappa shape index (κ2) is 16.6. The van der Waals surface area contributed by atoms with Crippen molar-refractivity contribution < 1.29 is 37.8 Å². The first kappa shape index (κ1) is 43.5. The molecule has 2 heterocycles. The van der Waals surface area contributed by atoms with Crippen molar-refractivity contribution in [2.24, 2.45) is 0 Å². The van der Waals surface area contributed by atoms with Crippen LogP contribution >= 0.6 is 11.6 Å². The Morgan fingerprint density at radius 3 is 2.04 bits per heavy atom. The maximum absolute atomic E-state index is 14.4. The molecule has 1 aliphatic heterocycles. The Balaban J connectivity index is 2.28. The standard InChI is InChI=1S/C39H57ClN2O8SeSi/c1-23-27(19-20-29(43)47-12)31(35(45)48-37(3,4)5)41-30(23)33(50-52(13,14)39(9,10)11)32-24(2)28(21-22-51-26-17-15-25(40)16-18-26)34(44)42(32)36(46)49-38(6,7)8/h15-18,32-33,41H,19-22H2,1-14H3. The fourth-order valence-electron chi connectivity index (χ4n) is 5.65. The van der Waals surface area contributed by atoms with E-state index in [4.69, 9.17) is 30.2 Å². The van der Waals surface area contributed by atoms with Gasteiger partial charge in [-0.15, -0.1) is 0 Å². The molecule has 52 heavy (non-hydrogen) atoms. The first-order valence-electron chi connectivity index (χ1n) is 17.6. The summed E-state index contributed by atoms with van der Waals surface area (Å²) >= 11 is 6.15. The van der Waals surface area contributed by atoms with E-state index >= 15 is 0 Å². The van der Waals surface area contributed by atoms with Crippen molar-refractivity contribution in [2.45, 2.75) is 142 Å². The number of nitrogens with zero attached hydrogens (tertiary/aromatic N) is 1. The number of benzene rings is 1. The van der Waals surface area contributed by atoms with Crippen LogP contribution in [0.5, 0.6) is 0 Å². The SMILES string of the molecule is COC(=O)CCc1c(C(=O)OC(C)(C)C)[nH]c(C(O[Si](C)(C)C(C)(C)C)C2C(C)=C(CC[Se]c3ccc(Cl)cc3)C(=O)N2C(=O)OC(C)(C)C)c1C. The van der Waals surface area contributed by atoms with Crippen LogP contribution in [0.1, 0.15) is 115 Å². The fourth-order valence-corrected chi connectivity index (χ4v) is 8.83. The molecular formula is C39H57ClN2O8SeSi. The molecule has 1 aliphatic rings. The van der Waals surface area contributed by atoms with Gasteiger partial charge >= 0.3 is 286 Å². The van der Waals surface area contributed by atoms with Gasteiger partial charge in [0.25, 0.3) is 0 Å². The van der Waals surface area contributed by atoms with E-state index in [0.717, 1.165) is 9.78 Å². The first-order chi connectivity index (χ1) is 23.8. The van der Waals surface area contributed by atoms with Gasteiger partial charge in [-0.2, -0.15) is 0 Å². The fraction of sp³-hybridized carbons (Fsp3) is 0.590. The summed E-state index contributed by atoms with van der Waals surface area (Å²) in [5.74, 6) is -1.43. The predicted octanol–water partition coefficient (Wildman–Crippen LogP) is 8.40. The number of esters is 2. The molecule has 1 aromatic carbocycles. The van der Waals surface area contributed by atoms with Gasteiger partial charge in [-0.05, 0) is 20.8 Å². The van der Waals surface area contributed by atoms with Crippen LogP contribution in [0.15, 0.2) is 35.4 Å². The summed E-state index contributed by atoms with van der Waals surface area (Å²) in [6.07, 6.45) is -0.991. The van der Waals surface area contributed by atoms with E-state index in [1.54, 1.807) is 41.5 Å². The minimum atomic E-state index is -2.65. The van der Waals surface area contributed by atoms with Gasteiger partial charge in [-0.1, -0.05) is 0 Å². The quantitative estimate of drug-likeness (QED) is 0.129. The van der Waals surface area contributed by atoms with Crippen LogP contribution in [-0.2, 0) is 34.6 Å². The molecule has 1 aromatic heterocycles. The number of ether oxygens (including phenoxy) is 3. The molecule has 1 N–H and O–H groups in total. The van der Waals surface area contributed by atoms with Crippen molar-refractivity contribution >= 4 is 63.3 Å². The van der Waals surface area contributed by atoms with Crippen LogP contribution in [0, 0.1) is 6.92 Å². The van der Waals surface area contributed by atoms with Crippen LogP contribution in [0.25, 0.3) is 0 Å². The van der Waals surface area contributed by atoms with E-state index < -0.39 is 55.6 Å². The third kappa shape index (κ3) is 10.8. The summed E-state index contributed by atoms with van der Waals surface area (Å²) in [6.45, 7) is 24.9. The molecule has 13 heteroatoms. The van der Waals surface area contributed by atoms with Gasteiger partial charge in [0, 0.05) is 0 Å². The predicted molar refractivity (Wildman–Crippen MR) is 208 cm³/mol. The maximum atomic E-state index is 14.4. The summed E-state index contributed by atoms with van der Waals surface area (Å²) in [4.78, 5) is 59.2. The number of carbonyl (C=O) groups is 4. The number of halogens is 1. The van der Waals surface area contributed by atoms with E-state index in [2.05, 4.69) is 38.8 Å². The van der Waals surface area contributed by atoms with Crippen molar-refractivity contribution in [2.75, 3.05) is 7.11 Å². The van der Waals surface area contributed by atoms with Gasteiger partial charge in [0.2, 0.25) is 0 Å². The Bertz CT molecular complexity index is 1680. The molecule has 2 aromatic rings. The van der Waals surface area contributed by atoms with Crippen molar-refractivity contribution in [1.82, 2.24) is 9.88 Å². The Morgan fingerprint density at radius 1 is 0.942 bits per heavy atom. The zero-order chi connectivity index (χ0) is 39.6. The molecule has 0 bridgehead atoms. The van der Waals surface area contributed by atoms with Crippen molar-refractivity contribution in [3.05, 3.63) is 62.9 Å². The van der Waals surface area contributed by atoms with Gasteiger partial charge < -0.3 is 4.74 Å². The number of nitrogens with one attached hydrogen (secondary N) is 1. The number of amides is 2. The van der Waals surface area contributed by atoms with E-state index in [1.165, 1.54) is 12.0 Å². The minimum absolute atomic E-state index is 0.0303. The molecule has 2 amide bonds. The van der Waals surface area contributed by atoms with E-state index in [1.807, 2.05) is 38.1 Å². The average molecular weight is 824 g/mol. The number of carbonyl (C=O) groups excluding carboxylic acids is 4. The van der Waals surface area contributed by atoms with Crippen LogP contribution in [0.2, 0.25) is 28.5 Å². The van der Waals surface area contributed by atoms with E-state index in [-0.39, 0.29) is 38.5 Å². The average Bonchev–Trinajstić information content (AvgIpc) is 3.45. The normalized spacial score (nSPS) is 16.3. The zero-order valence-electron chi connectivity index (χ0n) is 33.3. The van der Waals surface area contributed by atoms with Crippen LogP contribution in [0.3, 0.4) is 0 Å². The van der Waals surface area contributed by atoms with Crippen molar-refractivity contribution in [3.8, 4) is 0 Å². The molecule has 0 radical (unpaired) electrons. The van der Waals surface area contributed by atoms with Crippen LogP contribution < -0.4 is 4.46 Å². The number of hydrogen-bond acceptors (Lipinski definition) is 8. The topological polar surface area (TPSA) is 124 Å². The van der Waals surface area contributed by atoms with Gasteiger partial charge in [0.05, 0.1) is 7.11 Å². The summed E-state index contributed by atoms with van der Waals surface area (Å²) in [7, 11) is -1.33. The number of aromatic nitrogens is 1. The molecule has 0 saturated carbocycles. The third-order valence-corrected chi connectivity index (χ3v) is 16.2. The molecule has 2 atom stereocenters. The molecule has 0 fully saturated rings. The van der Waals surface area contributed by atoms with Crippen molar-refractivity contribution in [1.29, 1.82) is 0 Å². The number of rotatable bonds is 12. The number of H-pyrrole nitrogens is 1. The van der Waals surface area contributed by atoms with Gasteiger partial charge in [-0.25, -0.2) is 0 Å². The summed E-state index contributed by atoms with van der Waals surface area (Å²) in [5.41, 5.74) is 1.56. The Labute approximate surface area is 322 Å². The van der Waals surface area contributed by atoms with Gasteiger partial charge in [0.1, 0.15) is 0 Å². The molecular weight excluding hydrogens is 767 g/mol. The van der Waals surface area contributed by atoms with E-state index in [0.29, 0.717) is 39.4 Å².